The van der Waals surface area contributed by atoms with E-state index in [4.69, 9.17) is 16.3 Å². The summed E-state index contributed by atoms with van der Waals surface area (Å²) in [7, 11) is 0. The van der Waals surface area contributed by atoms with E-state index in [2.05, 4.69) is 10.3 Å². The summed E-state index contributed by atoms with van der Waals surface area (Å²) < 4.78 is 4.98. The van der Waals surface area contributed by atoms with Crippen LogP contribution in [0, 0.1) is 6.92 Å². The van der Waals surface area contributed by atoms with Gasteiger partial charge in [0.05, 0.1) is 0 Å². The molecule has 0 spiro atoms. The van der Waals surface area contributed by atoms with Crippen LogP contribution in [0.2, 0.25) is 5.02 Å². The SMILES string of the molecule is Cc1ccc(Cl)cc1NC(=O)COC(=O)c1cc(=O)c2ccccc2[nH]1. The van der Waals surface area contributed by atoms with E-state index in [0.29, 0.717) is 21.6 Å². The van der Waals surface area contributed by atoms with Crippen molar-refractivity contribution in [2.24, 2.45) is 0 Å². The van der Waals surface area contributed by atoms with Gasteiger partial charge in [0.1, 0.15) is 5.69 Å². The molecule has 0 bridgehead atoms. The number of carbonyl (C=O) groups excluding carboxylic acids is 2. The number of ether oxygens (including phenoxy) is 1. The number of hydrogen-bond acceptors (Lipinski definition) is 4. The molecular formula is C19H15ClN2O4. The molecule has 1 heterocycles. The number of pyridine rings is 1. The molecule has 3 rings (SSSR count). The number of esters is 1. The normalized spacial score (nSPS) is 10.5. The van der Waals surface area contributed by atoms with Crippen LogP contribution in [0.25, 0.3) is 10.9 Å². The fourth-order valence-electron chi connectivity index (χ4n) is 2.43. The van der Waals surface area contributed by atoms with Crippen molar-refractivity contribution >= 4 is 40.1 Å². The zero-order chi connectivity index (χ0) is 18.7. The number of benzene rings is 2. The number of hydrogen-bond donors (Lipinski definition) is 2. The molecule has 0 saturated carbocycles. The number of H-pyrrole nitrogens is 1. The predicted molar refractivity (Wildman–Crippen MR) is 99.7 cm³/mol. The monoisotopic (exact) mass is 370 g/mol. The lowest BCUT2D eigenvalue weighted by atomic mass is 10.2. The van der Waals surface area contributed by atoms with Gasteiger partial charge in [-0.2, -0.15) is 0 Å². The van der Waals surface area contributed by atoms with Gasteiger partial charge in [-0.05, 0) is 36.8 Å². The second-order valence-electron chi connectivity index (χ2n) is 5.68. The van der Waals surface area contributed by atoms with Crippen LogP contribution in [-0.2, 0) is 9.53 Å². The molecule has 0 aliphatic heterocycles. The third-order valence-electron chi connectivity index (χ3n) is 3.77. The molecule has 0 atom stereocenters. The lowest BCUT2D eigenvalue weighted by molar-refractivity contribution is -0.119. The van der Waals surface area contributed by atoms with Crippen LogP contribution >= 0.6 is 11.6 Å². The highest BCUT2D eigenvalue weighted by Crippen LogP contribution is 2.20. The molecule has 0 saturated heterocycles. The number of rotatable bonds is 4. The average molecular weight is 371 g/mol. The van der Waals surface area contributed by atoms with Crippen molar-refractivity contribution < 1.29 is 14.3 Å². The van der Waals surface area contributed by atoms with Crippen molar-refractivity contribution in [3.05, 3.63) is 75.0 Å². The Labute approximate surface area is 153 Å². The maximum absolute atomic E-state index is 12.1. The van der Waals surface area contributed by atoms with E-state index in [9.17, 15) is 14.4 Å². The van der Waals surface area contributed by atoms with Gasteiger partial charge in [0.2, 0.25) is 0 Å². The van der Waals surface area contributed by atoms with Gasteiger partial charge in [0, 0.05) is 27.7 Å². The van der Waals surface area contributed by atoms with Crippen LogP contribution in [0.5, 0.6) is 0 Å². The highest BCUT2D eigenvalue weighted by molar-refractivity contribution is 6.31. The largest absolute Gasteiger partial charge is 0.451 e. The van der Waals surface area contributed by atoms with E-state index in [1.807, 2.05) is 6.92 Å². The van der Waals surface area contributed by atoms with Crippen LogP contribution < -0.4 is 10.7 Å². The van der Waals surface area contributed by atoms with Gasteiger partial charge in [-0.15, -0.1) is 0 Å². The number of fused-ring (bicyclic) bond motifs is 1. The average Bonchev–Trinajstić information content (AvgIpc) is 2.62. The molecule has 0 fully saturated rings. The summed E-state index contributed by atoms with van der Waals surface area (Å²) >= 11 is 5.90. The summed E-state index contributed by atoms with van der Waals surface area (Å²) in [4.78, 5) is 39.0. The Morgan fingerprint density at radius 2 is 1.92 bits per heavy atom. The molecule has 0 unspecified atom stereocenters. The topological polar surface area (TPSA) is 88.3 Å². The van der Waals surface area contributed by atoms with E-state index >= 15 is 0 Å². The number of anilines is 1. The first-order valence-electron chi connectivity index (χ1n) is 7.79. The van der Waals surface area contributed by atoms with Crippen molar-refractivity contribution in [2.45, 2.75) is 6.92 Å². The number of nitrogens with one attached hydrogen (secondary N) is 2. The molecule has 6 nitrogen and oxygen atoms in total. The molecule has 3 aromatic rings. The Balaban J connectivity index is 1.68. The minimum Gasteiger partial charge on any atom is -0.451 e. The molecule has 26 heavy (non-hydrogen) atoms. The van der Waals surface area contributed by atoms with E-state index in [0.717, 1.165) is 11.6 Å². The van der Waals surface area contributed by atoms with Gasteiger partial charge in [0.15, 0.2) is 12.0 Å². The number of para-hydroxylation sites is 1. The number of carbonyl (C=O) groups is 2. The van der Waals surface area contributed by atoms with Crippen LogP contribution in [-0.4, -0.2) is 23.5 Å². The number of amides is 1. The van der Waals surface area contributed by atoms with Crippen molar-refractivity contribution in [3.8, 4) is 0 Å². The standard InChI is InChI=1S/C19H15ClN2O4/c1-11-6-7-12(20)8-15(11)22-18(24)10-26-19(25)16-9-17(23)13-4-2-3-5-14(13)21-16/h2-9H,10H2,1H3,(H,21,23)(H,22,24). The van der Waals surface area contributed by atoms with Crippen LogP contribution in [0.4, 0.5) is 5.69 Å². The third kappa shape index (κ3) is 3.92. The highest BCUT2D eigenvalue weighted by atomic mass is 35.5. The molecule has 132 valence electrons. The second-order valence-corrected chi connectivity index (χ2v) is 6.11. The number of aromatic nitrogens is 1. The van der Waals surface area contributed by atoms with Crippen LogP contribution in [0.3, 0.4) is 0 Å². The van der Waals surface area contributed by atoms with E-state index < -0.39 is 18.5 Å². The van der Waals surface area contributed by atoms with Crippen molar-refractivity contribution in [1.82, 2.24) is 4.98 Å². The molecule has 7 heteroatoms. The molecule has 1 aromatic heterocycles. The quantitative estimate of drug-likeness (QED) is 0.690. The third-order valence-corrected chi connectivity index (χ3v) is 4.00. The second kappa shape index (κ2) is 7.41. The first kappa shape index (κ1) is 17.7. The predicted octanol–water partition coefficient (Wildman–Crippen LogP) is 3.29. The summed E-state index contributed by atoms with van der Waals surface area (Å²) in [6, 6.07) is 13.1. The van der Waals surface area contributed by atoms with Crippen molar-refractivity contribution in [2.75, 3.05) is 11.9 Å². The van der Waals surface area contributed by atoms with E-state index in [1.165, 1.54) is 0 Å². The van der Waals surface area contributed by atoms with Gasteiger partial charge in [-0.1, -0.05) is 29.8 Å². The summed E-state index contributed by atoms with van der Waals surface area (Å²) in [5, 5.41) is 3.58. The molecule has 2 aromatic carbocycles. The molecular weight excluding hydrogens is 356 g/mol. The Bertz CT molecular complexity index is 1060. The maximum Gasteiger partial charge on any atom is 0.355 e. The zero-order valence-corrected chi connectivity index (χ0v) is 14.6. The molecule has 0 radical (unpaired) electrons. The van der Waals surface area contributed by atoms with Gasteiger partial charge >= 0.3 is 5.97 Å². The molecule has 0 aliphatic carbocycles. The lowest BCUT2D eigenvalue weighted by Crippen LogP contribution is -2.22. The van der Waals surface area contributed by atoms with E-state index in [-0.39, 0.29) is 11.1 Å². The summed E-state index contributed by atoms with van der Waals surface area (Å²) in [6.07, 6.45) is 0. The Morgan fingerprint density at radius 1 is 1.15 bits per heavy atom. The van der Waals surface area contributed by atoms with Crippen molar-refractivity contribution in [3.63, 3.8) is 0 Å². The van der Waals surface area contributed by atoms with Crippen LogP contribution in [0.1, 0.15) is 16.1 Å². The summed E-state index contributed by atoms with van der Waals surface area (Å²) in [6.45, 7) is 1.33. The first-order valence-corrected chi connectivity index (χ1v) is 8.17. The molecule has 0 aliphatic rings. The fourth-order valence-corrected chi connectivity index (χ4v) is 2.60. The number of aryl methyl sites for hydroxylation is 1. The first-order chi connectivity index (χ1) is 12.4. The Hall–Kier alpha value is -3.12. The Kier molecular flexibility index (Phi) is 5.04. The van der Waals surface area contributed by atoms with Gasteiger partial charge in [0.25, 0.3) is 5.91 Å². The molecule has 2 N–H and O–H groups in total. The lowest BCUT2D eigenvalue weighted by Gasteiger charge is -2.09. The maximum atomic E-state index is 12.1. The number of halogens is 1. The Morgan fingerprint density at radius 3 is 2.73 bits per heavy atom. The highest BCUT2D eigenvalue weighted by Gasteiger charge is 2.13. The van der Waals surface area contributed by atoms with E-state index in [1.54, 1.807) is 42.5 Å². The van der Waals surface area contributed by atoms with Crippen LogP contribution in [0.15, 0.2) is 53.3 Å². The zero-order valence-electron chi connectivity index (χ0n) is 13.8. The van der Waals surface area contributed by atoms with Gasteiger partial charge < -0.3 is 15.0 Å². The van der Waals surface area contributed by atoms with Gasteiger partial charge in [-0.25, -0.2) is 4.79 Å². The minimum absolute atomic E-state index is 0.0135. The molecule has 1 amide bonds. The van der Waals surface area contributed by atoms with Crippen molar-refractivity contribution in [1.29, 1.82) is 0 Å². The summed E-state index contributed by atoms with van der Waals surface area (Å²) in [5.74, 6) is -1.29. The van der Waals surface area contributed by atoms with Gasteiger partial charge in [-0.3, -0.25) is 9.59 Å². The fraction of sp³-hybridized carbons (Fsp3) is 0.105. The smallest absolute Gasteiger partial charge is 0.355 e. The number of aromatic amines is 1. The minimum atomic E-state index is -0.786. The summed E-state index contributed by atoms with van der Waals surface area (Å²) in [5.41, 5.74) is 1.57.